The van der Waals surface area contributed by atoms with Gasteiger partial charge in [-0.15, -0.1) is 0 Å². The molecular formula is C9H10N4. The number of aromatic amines is 1. The number of fused-ring (bicyclic) bond motifs is 1. The summed E-state index contributed by atoms with van der Waals surface area (Å²) in [6.45, 7) is 2.03. The van der Waals surface area contributed by atoms with Gasteiger partial charge in [-0.2, -0.15) is 0 Å². The fraction of sp³-hybridized carbons (Fsp3) is 0.111. The van der Waals surface area contributed by atoms with Crippen molar-refractivity contribution in [2.24, 2.45) is 10.7 Å². The molecule has 4 heteroatoms. The lowest BCUT2D eigenvalue weighted by molar-refractivity contribution is 1.27. The van der Waals surface area contributed by atoms with E-state index in [2.05, 4.69) is 15.0 Å². The van der Waals surface area contributed by atoms with Gasteiger partial charge in [-0.25, -0.2) is 9.98 Å². The van der Waals surface area contributed by atoms with Crippen LogP contribution in [0.15, 0.2) is 23.2 Å². The number of imidazole rings is 1. The summed E-state index contributed by atoms with van der Waals surface area (Å²) < 4.78 is 0. The number of nitrogens with two attached hydrogens (primary N) is 1. The Morgan fingerprint density at radius 2 is 2.38 bits per heavy atom. The van der Waals surface area contributed by atoms with E-state index in [0.717, 1.165) is 11.0 Å². The van der Waals surface area contributed by atoms with E-state index in [-0.39, 0.29) is 0 Å². The van der Waals surface area contributed by atoms with Gasteiger partial charge in [0.1, 0.15) is 0 Å². The molecule has 0 amide bonds. The Bertz CT molecular complexity index is 456. The van der Waals surface area contributed by atoms with Crippen molar-refractivity contribution in [3.05, 3.63) is 23.8 Å². The SMILES string of the molecule is Cc1ccc2nc(N=CN)[nH]c2c1. The zero-order valence-electron chi connectivity index (χ0n) is 7.28. The second-order valence-electron chi connectivity index (χ2n) is 2.86. The molecule has 0 bridgehead atoms. The molecule has 0 radical (unpaired) electrons. The lowest BCUT2D eigenvalue weighted by atomic mass is 10.2. The summed E-state index contributed by atoms with van der Waals surface area (Å²) in [5.74, 6) is 0.545. The molecule has 1 aromatic carbocycles. The topological polar surface area (TPSA) is 67.1 Å². The number of hydrogen-bond acceptors (Lipinski definition) is 2. The monoisotopic (exact) mass is 174 g/mol. The van der Waals surface area contributed by atoms with Crippen LogP contribution in [0.3, 0.4) is 0 Å². The summed E-state index contributed by atoms with van der Waals surface area (Å²) in [7, 11) is 0. The molecule has 4 nitrogen and oxygen atoms in total. The maximum absolute atomic E-state index is 5.16. The van der Waals surface area contributed by atoms with Gasteiger partial charge in [0.25, 0.3) is 0 Å². The molecule has 13 heavy (non-hydrogen) atoms. The number of aryl methyl sites for hydroxylation is 1. The first kappa shape index (κ1) is 7.79. The summed E-state index contributed by atoms with van der Waals surface area (Å²) in [5.41, 5.74) is 8.25. The summed E-state index contributed by atoms with van der Waals surface area (Å²) in [4.78, 5) is 11.1. The van der Waals surface area contributed by atoms with Crippen molar-refractivity contribution in [3.63, 3.8) is 0 Å². The van der Waals surface area contributed by atoms with E-state index in [4.69, 9.17) is 5.73 Å². The van der Waals surface area contributed by atoms with Crippen LogP contribution in [0.2, 0.25) is 0 Å². The minimum absolute atomic E-state index is 0.545. The predicted octanol–water partition coefficient (Wildman–Crippen LogP) is 1.49. The summed E-state index contributed by atoms with van der Waals surface area (Å²) in [6, 6.07) is 5.99. The number of aliphatic imine (C=N–C) groups is 1. The first-order valence-electron chi connectivity index (χ1n) is 4.00. The smallest absolute Gasteiger partial charge is 0.229 e. The molecule has 1 aromatic heterocycles. The summed E-state index contributed by atoms with van der Waals surface area (Å²) >= 11 is 0. The molecule has 0 spiro atoms. The first-order valence-corrected chi connectivity index (χ1v) is 4.00. The average molecular weight is 174 g/mol. The van der Waals surface area contributed by atoms with Crippen molar-refractivity contribution in [2.75, 3.05) is 0 Å². The van der Waals surface area contributed by atoms with E-state index in [0.29, 0.717) is 5.95 Å². The minimum atomic E-state index is 0.545. The highest BCUT2D eigenvalue weighted by molar-refractivity contribution is 5.78. The Kier molecular flexibility index (Phi) is 1.73. The maximum atomic E-state index is 5.16. The molecule has 1 heterocycles. The molecule has 3 N–H and O–H groups in total. The Labute approximate surface area is 75.5 Å². The molecule has 0 saturated heterocycles. The quantitative estimate of drug-likeness (QED) is 0.508. The van der Waals surface area contributed by atoms with Gasteiger partial charge >= 0.3 is 0 Å². The van der Waals surface area contributed by atoms with Gasteiger partial charge in [-0.1, -0.05) is 6.07 Å². The second kappa shape index (κ2) is 2.90. The van der Waals surface area contributed by atoms with Gasteiger partial charge < -0.3 is 10.7 Å². The minimum Gasteiger partial charge on any atom is -0.390 e. The highest BCUT2D eigenvalue weighted by atomic mass is 15.1. The van der Waals surface area contributed by atoms with Crippen LogP contribution in [0.1, 0.15) is 5.56 Å². The molecule has 0 aliphatic heterocycles. The third kappa shape index (κ3) is 1.38. The van der Waals surface area contributed by atoms with Crippen molar-refractivity contribution in [3.8, 4) is 0 Å². The van der Waals surface area contributed by atoms with E-state index in [1.807, 2.05) is 25.1 Å². The lowest BCUT2D eigenvalue weighted by Gasteiger charge is -1.89. The number of nitrogens with zero attached hydrogens (tertiary/aromatic N) is 2. The molecule has 2 rings (SSSR count). The molecule has 66 valence electrons. The molecule has 2 aromatic rings. The lowest BCUT2D eigenvalue weighted by Crippen LogP contribution is -1.86. The van der Waals surface area contributed by atoms with E-state index >= 15 is 0 Å². The largest absolute Gasteiger partial charge is 0.390 e. The van der Waals surface area contributed by atoms with Crippen molar-refractivity contribution < 1.29 is 0 Å². The zero-order chi connectivity index (χ0) is 9.26. The van der Waals surface area contributed by atoms with E-state index in [9.17, 15) is 0 Å². The Hall–Kier alpha value is -1.84. The Morgan fingerprint density at radius 1 is 1.54 bits per heavy atom. The molecule has 0 aliphatic carbocycles. The van der Waals surface area contributed by atoms with Crippen LogP contribution in [0.25, 0.3) is 11.0 Å². The van der Waals surface area contributed by atoms with Crippen molar-refractivity contribution in [1.82, 2.24) is 9.97 Å². The van der Waals surface area contributed by atoms with Crippen molar-refractivity contribution in [2.45, 2.75) is 6.92 Å². The van der Waals surface area contributed by atoms with Gasteiger partial charge in [0.2, 0.25) is 5.95 Å². The molecular weight excluding hydrogens is 164 g/mol. The number of benzene rings is 1. The fourth-order valence-electron chi connectivity index (χ4n) is 1.24. The van der Waals surface area contributed by atoms with Crippen LogP contribution in [0, 0.1) is 6.92 Å². The van der Waals surface area contributed by atoms with Gasteiger partial charge in [-0.05, 0) is 24.6 Å². The van der Waals surface area contributed by atoms with Crippen LogP contribution in [0.4, 0.5) is 5.95 Å². The van der Waals surface area contributed by atoms with Crippen LogP contribution in [0.5, 0.6) is 0 Å². The number of nitrogens with one attached hydrogen (secondary N) is 1. The molecule has 0 atom stereocenters. The van der Waals surface area contributed by atoms with Gasteiger partial charge in [-0.3, -0.25) is 0 Å². The van der Waals surface area contributed by atoms with Crippen LogP contribution in [-0.4, -0.2) is 16.3 Å². The highest BCUT2D eigenvalue weighted by Crippen LogP contribution is 2.16. The van der Waals surface area contributed by atoms with E-state index in [1.165, 1.54) is 11.9 Å². The number of H-pyrrole nitrogens is 1. The van der Waals surface area contributed by atoms with Gasteiger partial charge in [0.15, 0.2) is 0 Å². The number of aromatic nitrogens is 2. The average Bonchev–Trinajstić information content (AvgIpc) is 2.46. The molecule has 0 fully saturated rings. The number of rotatable bonds is 1. The highest BCUT2D eigenvalue weighted by Gasteiger charge is 1.99. The van der Waals surface area contributed by atoms with Crippen LogP contribution in [-0.2, 0) is 0 Å². The Balaban J connectivity index is 2.62. The second-order valence-corrected chi connectivity index (χ2v) is 2.86. The van der Waals surface area contributed by atoms with Crippen LogP contribution < -0.4 is 5.73 Å². The van der Waals surface area contributed by atoms with Crippen LogP contribution >= 0.6 is 0 Å². The Morgan fingerprint density at radius 3 is 3.15 bits per heavy atom. The maximum Gasteiger partial charge on any atom is 0.229 e. The fourth-order valence-corrected chi connectivity index (χ4v) is 1.24. The van der Waals surface area contributed by atoms with E-state index < -0.39 is 0 Å². The first-order chi connectivity index (χ1) is 6.29. The summed E-state index contributed by atoms with van der Waals surface area (Å²) in [5, 5.41) is 0. The zero-order valence-corrected chi connectivity index (χ0v) is 7.28. The van der Waals surface area contributed by atoms with Gasteiger partial charge in [0.05, 0.1) is 17.4 Å². The number of hydrogen-bond donors (Lipinski definition) is 2. The molecule has 0 aliphatic rings. The van der Waals surface area contributed by atoms with Crippen molar-refractivity contribution >= 4 is 23.3 Å². The third-order valence-corrected chi connectivity index (χ3v) is 1.82. The third-order valence-electron chi connectivity index (χ3n) is 1.82. The standard InChI is InChI=1S/C9H10N4/c1-6-2-3-7-8(4-6)13-9(12-7)11-5-10/h2-5H,1H3,(H3,10,11,12,13). The van der Waals surface area contributed by atoms with Crippen molar-refractivity contribution in [1.29, 1.82) is 0 Å². The normalized spacial score (nSPS) is 11.5. The predicted molar refractivity (Wildman–Crippen MR) is 53.2 cm³/mol. The molecule has 0 saturated carbocycles. The summed E-state index contributed by atoms with van der Waals surface area (Å²) in [6.07, 6.45) is 1.23. The van der Waals surface area contributed by atoms with Gasteiger partial charge in [0, 0.05) is 0 Å². The van der Waals surface area contributed by atoms with E-state index in [1.54, 1.807) is 0 Å². The molecule has 0 unspecified atom stereocenters.